The molecule has 2 aliphatic heterocycles. The average Bonchev–Trinajstić information content (AvgIpc) is 1.87. The van der Waals surface area contributed by atoms with Gasteiger partial charge in [-0.15, -0.1) is 0 Å². The molecule has 3 fully saturated rings. The Hall–Kier alpha value is -0.0800. The molecule has 0 aromatic heterocycles. The molecule has 0 spiro atoms. The lowest BCUT2D eigenvalue weighted by Crippen LogP contribution is -2.59. The molecule has 2 nitrogen and oxygen atoms in total. The first-order valence-electron chi connectivity index (χ1n) is 3.67. The van der Waals surface area contributed by atoms with Crippen LogP contribution in [0.2, 0.25) is 0 Å². The van der Waals surface area contributed by atoms with Crippen molar-refractivity contribution in [1.29, 1.82) is 0 Å². The molecule has 2 bridgehead atoms. The van der Waals surface area contributed by atoms with Gasteiger partial charge in [0.05, 0.1) is 6.10 Å². The maximum atomic E-state index is 9.20. The fourth-order valence-electron chi connectivity index (χ4n) is 2.06. The summed E-state index contributed by atoms with van der Waals surface area (Å²) in [6.45, 7) is 0. The van der Waals surface area contributed by atoms with Gasteiger partial charge in [-0.1, -0.05) is 0 Å². The molecular weight excluding hydrogens is 114 g/mol. The van der Waals surface area contributed by atoms with Crippen molar-refractivity contribution in [3.63, 3.8) is 0 Å². The molecule has 1 N–H and O–H groups in total. The van der Waals surface area contributed by atoms with Crippen molar-refractivity contribution < 1.29 is 5.11 Å². The van der Waals surface area contributed by atoms with Crippen molar-refractivity contribution in [2.45, 2.75) is 37.5 Å². The van der Waals surface area contributed by atoms with E-state index in [-0.39, 0.29) is 6.10 Å². The number of rotatable bonds is 0. The van der Waals surface area contributed by atoms with Crippen LogP contribution in [0.1, 0.15) is 19.3 Å². The minimum absolute atomic E-state index is 0.00458. The van der Waals surface area contributed by atoms with Crippen molar-refractivity contribution in [2.24, 2.45) is 0 Å². The van der Waals surface area contributed by atoms with Gasteiger partial charge in [-0.2, -0.15) is 0 Å². The number of aliphatic hydroxyl groups excluding tert-OH is 1. The monoisotopic (exact) mass is 127 g/mol. The Morgan fingerprint density at radius 2 is 1.78 bits per heavy atom. The maximum Gasteiger partial charge on any atom is 0.0570 e. The first-order chi connectivity index (χ1) is 4.27. The molecule has 3 rings (SSSR count). The SMILES string of the molecule is CN1[C@@H]2CC(O)C[C@H]1C2. The summed E-state index contributed by atoms with van der Waals surface area (Å²) in [6, 6.07) is 1.41. The zero-order valence-electron chi connectivity index (χ0n) is 5.75. The summed E-state index contributed by atoms with van der Waals surface area (Å²) in [5, 5.41) is 9.20. The predicted molar refractivity (Wildman–Crippen MR) is 35.2 cm³/mol. The molecule has 1 unspecified atom stereocenters. The Morgan fingerprint density at radius 1 is 1.22 bits per heavy atom. The number of nitrogens with zero attached hydrogens (tertiary/aromatic N) is 1. The molecule has 0 aromatic carbocycles. The van der Waals surface area contributed by atoms with Crippen LogP contribution in [0.15, 0.2) is 0 Å². The third kappa shape index (κ3) is 0.700. The molecule has 0 amide bonds. The summed E-state index contributed by atoms with van der Waals surface area (Å²) in [5.41, 5.74) is 0. The van der Waals surface area contributed by atoms with E-state index >= 15 is 0 Å². The average molecular weight is 127 g/mol. The Balaban J connectivity index is 2.01. The normalized spacial score (nSPS) is 50.7. The highest BCUT2D eigenvalue weighted by Gasteiger charge is 2.42. The lowest BCUT2D eigenvalue weighted by Gasteiger charge is -2.52. The molecule has 2 heteroatoms. The zero-order valence-corrected chi connectivity index (χ0v) is 5.75. The van der Waals surface area contributed by atoms with Crippen LogP contribution < -0.4 is 0 Å². The lowest BCUT2D eigenvalue weighted by atomic mass is 9.79. The minimum Gasteiger partial charge on any atom is -0.393 e. The molecule has 2 heterocycles. The van der Waals surface area contributed by atoms with Crippen LogP contribution in [0.25, 0.3) is 0 Å². The van der Waals surface area contributed by atoms with E-state index < -0.39 is 0 Å². The van der Waals surface area contributed by atoms with Crippen LogP contribution in [-0.2, 0) is 0 Å². The van der Waals surface area contributed by atoms with Crippen LogP contribution in [0, 0.1) is 0 Å². The number of hydrogen-bond donors (Lipinski definition) is 1. The molecule has 3 atom stereocenters. The van der Waals surface area contributed by atoms with Gasteiger partial charge in [0.1, 0.15) is 0 Å². The Morgan fingerprint density at radius 3 is 2.11 bits per heavy atom. The van der Waals surface area contributed by atoms with Gasteiger partial charge in [0.15, 0.2) is 0 Å². The van der Waals surface area contributed by atoms with Crippen molar-refractivity contribution in [3.8, 4) is 0 Å². The van der Waals surface area contributed by atoms with E-state index in [1.54, 1.807) is 0 Å². The van der Waals surface area contributed by atoms with E-state index in [1.165, 1.54) is 6.42 Å². The van der Waals surface area contributed by atoms with Crippen molar-refractivity contribution in [1.82, 2.24) is 4.90 Å². The van der Waals surface area contributed by atoms with Gasteiger partial charge in [0.25, 0.3) is 0 Å². The summed E-state index contributed by atoms with van der Waals surface area (Å²) >= 11 is 0. The van der Waals surface area contributed by atoms with Crippen molar-refractivity contribution in [2.75, 3.05) is 7.05 Å². The second kappa shape index (κ2) is 1.70. The van der Waals surface area contributed by atoms with Gasteiger partial charge in [-0.05, 0) is 26.3 Å². The van der Waals surface area contributed by atoms with E-state index in [0.29, 0.717) is 12.1 Å². The van der Waals surface area contributed by atoms with Gasteiger partial charge >= 0.3 is 0 Å². The van der Waals surface area contributed by atoms with Crippen LogP contribution in [0.5, 0.6) is 0 Å². The number of piperidine rings is 1. The lowest BCUT2D eigenvalue weighted by molar-refractivity contribution is -0.0644. The van der Waals surface area contributed by atoms with Gasteiger partial charge < -0.3 is 10.0 Å². The van der Waals surface area contributed by atoms with Gasteiger partial charge in [0.2, 0.25) is 0 Å². The van der Waals surface area contributed by atoms with E-state index in [4.69, 9.17) is 0 Å². The van der Waals surface area contributed by atoms with Gasteiger partial charge in [0, 0.05) is 12.1 Å². The van der Waals surface area contributed by atoms with Crippen LogP contribution in [0.4, 0.5) is 0 Å². The molecule has 1 saturated carbocycles. The largest absolute Gasteiger partial charge is 0.393 e. The van der Waals surface area contributed by atoms with Crippen LogP contribution in [0.3, 0.4) is 0 Å². The smallest absolute Gasteiger partial charge is 0.0570 e. The standard InChI is InChI=1S/C7H13NO/c1-8-5-2-6(8)4-7(9)3-5/h5-7,9H,2-4H2,1H3/t5-,6+,7?. The topological polar surface area (TPSA) is 23.5 Å². The van der Waals surface area contributed by atoms with Gasteiger partial charge in [-0.25, -0.2) is 0 Å². The molecular formula is C7H13NO. The summed E-state index contributed by atoms with van der Waals surface area (Å²) in [7, 11) is 2.16. The summed E-state index contributed by atoms with van der Waals surface area (Å²) in [4.78, 5) is 2.38. The first-order valence-corrected chi connectivity index (χ1v) is 3.67. The van der Waals surface area contributed by atoms with Gasteiger partial charge in [-0.3, -0.25) is 0 Å². The highest BCUT2D eigenvalue weighted by molar-refractivity contribution is 4.97. The number of hydrogen-bond acceptors (Lipinski definition) is 2. The van der Waals surface area contributed by atoms with Crippen molar-refractivity contribution >= 4 is 0 Å². The Labute approximate surface area is 55.5 Å². The zero-order chi connectivity index (χ0) is 6.43. The molecule has 0 radical (unpaired) electrons. The fraction of sp³-hybridized carbons (Fsp3) is 1.00. The minimum atomic E-state index is 0.00458. The van der Waals surface area contributed by atoms with Crippen molar-refractivity contribution in [3.05, 3.63) is 0 Å². The molecule has 9 heavy (non-hydrogen) atoms. The fourth-order valence-corrected chi connectivity index (χ4v) is 2.06. The van der Waals surface area contributed by atoms with E-state index in [0.717, 1.165) is 12.8 Å². The molecule has 3 aliphatic rings. The summed E-state index contributed by atoms with van der Waals surface area (Å²) in [5.74, 6) is 0. The molecule has 1 aliphatic carbocycles. The Bertz CT molecular complexity index is 114. The summed E-state index contributed by atoms with van der Waals surface area (Å²) in [6.07, 6.45) is 3.35. The maximum absolute atomic E-state index is 9.20. The molecule has 0 aromatic rings. The quantitative estimate of drug-likeness (QED) is 0.503. The second-order valence-corrected chi connectivity index (χ2v) is 3.33. The van der Waals surface area contributed by atoms with E-state index in [2.05, 4.69) is 11.9 Å². The summed E-state index contributed by atoms with van der Waals surface area (Å²) < 4.78 is 0. The Kier molecular flexibility index (Phi) is 1.08. The van der Waals surface area contributed by atoms with E-state index in [9.17, 15) is 5.11 Å². The molecule has 52 valence electrons. The highest BCUT2D eigenvalue weighted by atomic mass is 16.3. The molecule has 2 saturated heterocycles. The van der Waals surface area contributed by atoms with Crippen LogP contribution >= 0.6 is 0 Å². The highest BCUT2D eigenvalue weighted by Crippen LogP contribution is 2.36. The number of fused-ring (bicyclic) bond motifs is 2. The van der Waals surface area contributed by atoms with E-state index in [1.807, 2.05) is 0 Å². The third-order valence-electron chi connectivity index (χ3n) is 2.78. The first kappa shape index (κ1) is 5.69. The third-order valence-corrected chi connectivity index (χ3v) is 2.78. The predicted octanol–water partition coefficient (Wildman–Crippen LogP) is 0.214. The number of aliphatic hydroxyl groups is 1. The van der Waals surface area contributed by atoms with Crippen LogP contribution in [-0.4, -0.2) is 35.2 Å². The second-order valence-electron chi connectivity index (χ2n) is 3.33.